The number of hydrazine groups is 1. The summed E-state index contributed by atoms with van der Waals surface area (Å²) in [5.74, 6) is 0.523. The van der Waals surface area contributed by atoms with Crippen molar-refractivity contribution in [3.63, 3.8) is 0 Å². The monoisotopic (exact) mass is 310 g/mol. The standard InChI is InChI=1S/C14H22N4S2/c1-9(2)11-5-7-12(8-6-11)16-14(20)18-17-13(19)15-10(3)4/h5-10H,1-4H3,(H2,15,17,19)(H2,16,18,20). The molecule has 6 heteroatoms. The van der Waals surface area contributed by atoms with Crippen LogP contribution in [0, 0.1) is 0 Å². The molecule has 0 heterocycles. The Balaban J connectivity index is 2.40. The quantitative estimate of drug-likeness (QED) is 0.509. The van der Waals surface area contributed by atoms with E-state index in [1.54, 1.807) is 0 Å². The number of hydrogen-bond donors (Lipinski definition) is 4. The molecule has 0 aliphatic rings. The van der Waals surface area contributed by atoms with E-state index in [0.29, 0.717) is 16.1 Å². The minimum absolute atomic E-state index is 0.280. The van der Waals surface area contributed by atoms with Crippen LogP contribution in [0.5, 0.6) is 0 Å². The Labute approximate surface area is 131 Å². The smallest absolute Gasteiger partial charge is 0.189 e. The van der Waals surface area contributed by atoms with Gasteiger partial charge in [-0.25, -0.2) is 0 Å². The predicted molar refractivity (Wildman–Crippen MR) is 93.9 cm³/mol. The van der Waals surface area contributed by atoms with Gasteiger partial charge < -0.3 is 10.6 Å². The van der Waals surface area contributed by atoms with E-state index in [4.69, 9.17) is 24.4 Å². The van der Waals surface area contributed by atoms with Gasteiger partial charge in [-0.1, -0.05) is 26.0 Å². The maximum Gasteiger partial charge on any atom is 0.189 e. The van der Waals surface area contributed by atoms with Gasteiger partial charge in [-0.05, 0) is 61.9 Å². The van der Waals surface area contributed by atoms with Crippen LogP contribution in [0.4, 0.5) is 5.69 Å². The van der Waals surface area contributed by atoms with Gasteiger partial charge in [-0.15, -0.1) is 0 Å². The summed E-state index contributed by atoms with van der Waals surface area (Å²) in [6.45, 7) is 8.37. The van der Waals surface area contributed by atoms with Crippen LogP contribution in [-0.4, -0.2) is 16.3 Å². The Morgan fingerprint density at radius 1 is 0.900 bits per heavy atom. The van der Waals surface area contributed by atoms with Crippen molar-refractivity contribution in [1.29, 1.82) is 0 Å². The van der Waals surface area contributed by atoms with Crippen molar-refractivity contribution < 1.29 is 0 Å². The zero-order valence-electron chi connectivity index (χ0n) is 12.3. The summed E-state index contributed by atoms with van der Waals surface area (Å²) < 4.78 is 0. The van der Waals surface area contributed by atoms with Gasteiger partial charge in [0, 0.05) is 11.7 Å². The van der Waals surface area contributed by atoms with Gasteiger partial charge in [0.15, 0.2) is 10.2 Å². The number of anilines is 1. The van der Waals surface area contributed by atoms with Crippen LogP contribution in [0.2, 0.25) is 0 Å². The maximum absolute atomic E-state index is 5.18. The van der Waals surface area contributed by atoms with E-state index < -0.39 is 0 Å². The highest BCUT2D eigenvalue weighted by molar-refractivity contribution is 7.80. The molecular weight excluding hydrogens is 288 g/mol. The molecule has 0 radical (unpaired) electrons. The average molecular weight is 310 g/mol. The van der Waals surface area contributed by atoms with Gasteiger partial charge in [0.2, 0.25) is 0 Å². The Morgan fingerprint density at radius 3 is 1.95 bits per heavy atom. The summed E-state index contributed by atoms with van der Waals surface area (Å²) in [4.78, 5) is 0. The van der Waals surface area contributed by atoms with Crippen LogP contribution in [0.3, 0.4) is 0 Å². The fourth-order valence-corrected chi connectivity index (χ4v) is 1.98. The number of hydrogen-bond acceptors (Lipinski definition) is 2. The first kappa shape index (κ1) is 16.7. The SMILES string of the molecule is CC(C)NC(=S)NNC(=S)Nc1ccc(C(C)C)cc1. The molecule has 1 aromatic carbocycles. The normalized spacial score (nSPS) is 10.3. The third-order valence-electron chi connectivity index (χ3n) is 2.54. The molecule has 110 valence electrons. The number of nitrogens with one attached hydrogen (secondary N) is 4. The molecule has 0 fully saturated rings. The van der Waals surface area contributed by atoms with Crippen LogP contribution in [0.25, 0.3) is 0 Å². The lowest BCUT2D eigenvalue weighted by Gasteiger charge is -2.16. The molecule has 0 amide bonds. The molecule has 0 bridgehead atoms. The molecule has 0 saturated carbocycles. The Kier molecular flexibility index (Phi) is 6.67. The molecular formula is C14H22N4S2. The van der Waals surface area contributed by atoms with Crippen LogP contribution in [-0.2, 0) is 0 Å². The fraction of sp³-hybridized carbons (Fsp3) is 0.429. The van der Waals surface area contributed by atoms with E-state index >= 15 is 0 Å². The van der Waals surface area contributed by atoms with Gasteiger partial charge in [-0.2, -0.15) is 0 Å². The van der Waals surface area contributed by atoms with Crippen molar-refractivity contribution >= 4 is 40.3 Å². The lowest BCUT2D eigenvalue weighted by Crippen LogP contribution is -2.49. The first-order valence-corrected chi connectivity index (χ1v) is 7.43. The zero-order chi connectivity index (χ0) is 15.1. The number of benzene rings is 1. The molecule has 4 N–H and O–H groups in total. The Bertz CT molecular complexity index is 455. The Morgan fingerprint density at radius 2 is 1.45 bits per heavy atom. The second-order valence-corrected chi connectivity index (χ2v) is 5.93. The van der Waals surface area contributed by atoms with Crippen LogP contribution in [0.15, 0.2) is 24.3 Å². The average Bonchev–Trinajstić information content (AvgIpc) is 2.36. The van der Waals surface area contributed by atoms with Crippen molar-refractivity contribution in [1.82, 2.24) is 16.2 Å². The summed E-state index contributed by atoms with van der Waals surface area (Å²) in [7, 11) is 0. The minimum atomic E-state index is 0.280. The molecule has 0 saturated heterocycles. The van der Waals surface area contributed by atoms with E-state index in [1.807, 2.05) is 26.0 Å². The van der Waals surface area contributed by atoms with Crippen molar-refractivity contribution in [3.05, 3.63) is 29.8 Å². The molecule has 0 aliphatic carbocycles. The van der Waals surface area contributed by atoms with Gasteiger partial charge in [-0.3, -0.25) is 10.9 Å². The van der Waals surface area contributed by atoms with Crippen molar-refractivity contribution in [2.75, 3.05) is 5.32 Å². The second kappa shape index (κ2) is 8.01. The largest absolute Gasteiger partial charge is 0.359 e. The first-order valence-electron chi connectivity index (χ1n) is 6.62. The predicted octanol–water partition coefficient (Wildman–Crippen LogP) is 2.88. The summed E-state index contributed by atoms with van der Waals surface area (Å²) in [6.07, 6.45) is 0. The molecule has 0 aromatic heterocycles. The number of thiocarbonyl (C=S) groups is 2. The van der Waals surface area contributed by atoms with E-state index in [0.717, 1.165) is 5.69 Å². The maximum atomic E-state index is 5.18. The Hall–Kier alpha value is -1.40. The first-order chi connectivity index (χ1) is 9.38. The molecule has 0 aliphatic heterocycles. The summed E-state index contributed by atoms with van der Waals surface area (Å²) in [5, 5.41) is 7.12. The van der Waals surface area contributed by atoms with Crippen molar-refractivity contribution in [2.45, 2.75) is 39.7 Å². The molecule has 20 heavy (non-hydrogen) atoms. The van der Waals surface area contributed by atoms with Gasteiger partial charge in [0.05, 0.1) is 0 Å². The highest BCUT2D eigenvalue weighted by atomic mass is 32.1. The van der Waals surface area contributed by atoms with Gasteiger partial charge >= 0.3 is 0 Å². The van der Waals surface area contributed by atoms with Crippen LogP contribution in [0.1, 0.15) is 39.2 Å². The second-order valence-electron chi connectivity index (χ2n) is 5.11. The van der Waals surface area contributed by atoms with Crippen LogP contribution >= 0.6 is 24.4 Å². The van der Waals surface area contributed by atoms with Gasteiger partial charge in [0.1, 0.15) is 0 Å². The van der Waals surface area contributed by atoms with E-state index in [2.05, 4.69) is 47.5 Å². The van der Waals surface area contributed by atoms with Gasteiger partial charge in [0.25, 0.3) is 0 Å². The lowest BCUT2D eigenvalue weighted by atomic mass is 10.0. The van der Waals surface area contributed by atoms with Crippen molar-refractivity contribution in [2.24, 2.45) is 0 Å². The molecule has 0 spiro atoms. The van der Waals surface area contributed by atoms with E-state index in [1.165, 1.54) is 5.56 Å². The number of rotatable bonds is 3. The van der Waals surface area contributed by atoms with Crippen molar-refractivity contribution in [3.8, 4) is 0 Å². The molecule has 1 aromatic rings. The van der Waals surface area contributed by atoms with E-state index in [-0.39, 0.29) is 6.04 Å². The molecule has 4 nitrogen and oxygen atoms in total. The fourth-order valence-electron chi connectivity index (χ4n) is 1.53. The molecule has 0 unspecified atom stereocenters. The topological polar surface area (TPSA) is 48.1 Å². The zero-order valence-corrected chi connectivity index (χ0v) is 13.9. The lowest BCUT2D eigenvalue weighted by molar-refractivity contribution is 0.705. The third-order valence-corrected chi connectivity index (χ3v) is 2.97. The van der Waals surface area contributed by atoms with Crippen LogP contribution < -0.4 is 21.5 Å². The summed E-state index contributed by atoms with van der Waals surface area (Å²) >= 11 is 10.3. The summed E-state index contributed by atoms with van der Waals surface area (Å²) in [5.41, 5.74) is 7.91. The highest BCUT2D eigenvalue weighted by Gasteiger charge is 2.02. The molecule has 0 atom stereocenters. The summed E-state index contributed by atoms with van der Waals surface area (Å²) in [6, 6.07) is 8.48. The minimum Gasteiger partial charge on any atom is -0.359 e. The molecule has 1 rings (SSSR count). The highest BCUT2D eigenvalue weighted by Crippen LogP contribution is 2.16. The van der Waals surface area contributed by atoms with E-state index in [9.17, 15) is 0 Å². The third kappa shape index (κ3) is 6.16.